The Kier molecular flexibility index (Phi) is 10.4. The van der Waals surface area contributed by atoms with E-state index in [4.69, 9.17) is 5.73 Å². The molecule has 0 aromatic rings. The van der Waals surface area contributed by atoms with Crippen LogP contribution in [0.25, 0.3) is 0 Å². The molecule has 1 unspecified atom stereocenters. The lowest BCUT2D eigenvalue weighted by Crippen LogP contribution is -2.59. The van der Waals surface area contributed by atoms with Crippen LogP contribution in [0, 0.1) is 0 Å². The molecule has 1 aliphatic rings. The molecule has 27 heavy (non-hydrogen) atoms. The molecule has 0 spiro atoms. The molecular weight excluding hydrogens is 338 g/mol. The van der Waals surface area contributed by atoms with Crippen LogP contribution in [0.4, 0.5) is 4.79 Å². The highest BCUT2D eigenvalue weighted by atomic mass is 16.2. The van der Waals surface area contributed by atoms with E-state index in [0.717, 1.165) is 57.8 Å². The van der Waals surface area contributed by atoms with Crippen LogP contribution < -0.4 is 11.1 Å². The number of amides is 3. The van der Waals surface area contributed by atoms with E-state index >= 15 is 0 Å². The minimum Gasteiger partial charge on any atom is -0.323 e. The molecule has 158 valence electrons. The Hall–Kier alpha value is -1.10. The molecule has 1 heterocycles. The summed E-state index contributed by atoms with van der Waals surface area (Å²) in [5.41, 5.74) is 5.15. The first-order valence-corrected chi connectivity index (χ1v) is 11.4. The van der Waals surface area contributed by atoms with Gasteiger partial charge in [-0.2, -0.15) is 0 Å². The van der Waals surface area contributed by atoms with Gasteiger partial charge in [0.05, 0.1) is 0 Å². The first kappa shape index (κ1) is 23.9. The lowest BCUT2D eigenvalue weighted by Gasteiger charge is -2.38. The Morgan fingerprint density at radius 1 is 0.852 bits per heavy atom. The van der Waals surface area contributed by atoms with Crippen LogP contribution >= 0.6 is 0 Å². The van der Waals surface area contributed by atoms with Gasteiger partial charge in [-0.05, 0) is 38.5 Å². The van der Waals surface area contributed by atoms with E-state index in [0.29, 0.717) is 25.7 Å². The molecule has 0 aromatic heterocycles. The van der Waals surface area contributed by atoms with Crippen molar-refractivity contribution in [3.63, 3.8) is 0 Å². The first-order chi connectivity index (χ1) is 12.9. The fourth-order valence-electron chi connectivity index (χ4n) is 4.17. The van der Waals surface area contributed by atoms with Crippen molar-refractivity contribution < 1.29 is 9.59 Å². The van der Waals surface area contributed by atoms with Crippen molar-refractivity contribution in [1.82, 2.24) is 10.2 Å². The quantitative estimate of drug-likeness (QED) is 0.291. The summed E-state index contributed by atoms with van der Waals surface area (Å²) in [4.78, 5) is 27.7. The number of nitrogens with zero attached hydrogens (tertiary/aromatic N) is 1. The van der Waals surface area contributed by atoms with Gasteiger partial charge < -0.3 is 11.1 Å². The maximum absolute atomic E-state index is 13.4. The van der Waals surface area contributed by atoms with Gasteiger partial charge in [0, 0.05) is 0 Å². The third-order valence-electron chi connectivity index (χ3n) is 6.09. The summed E-state index contributed by atoms with van der Waals surface area (Å²) in [6, 6.07) is -0.284. The summed E-state index contributed by atoms with van der Waals surface area (Å²) in [6.07, 6.45) is 13.4. The van der Waals surface area contributed by atoms with Gasteiger partial charge in [-0.25, -0.2) is 9.69 Å². The van der Waals surface area contributed by atoms with Gasteiger partial charge in [-0.1, -0.05) is 79.1 Å². The van der Waals surface area contributed by atoms with Crippen LogP contribution in [0.5, 0.6) is 0 Å². The molecule has 0 bridgehead atoms. The van der Waals surface area contributed by atoms with Crippen LogP contribution in [0.1, 0.15) is 118 Å². The molecule has 0 aromatic carbocycles. The Labute approximate surface area is 166 Å². The zero-order valence-corrected chi connectivity index (χ0v) is 18.2. The van der Waals surface area contributed by atoms with Gasteiger partial charge in [0.2, 0.25) is 0 Å². The Morgan fingerprint density at radius 2 is 1.37 bits per heavy atom. The predicted molar refractivity (Wildman–Crippen MR) is 112 cm³/mol. The Bertz CT molecular complexity index is 456. The maximum atomic E-state index is 13.4. The summed E-state index contributed by atoms with van der Waals surface area (Å²) in [5, 5.41) is 3.04. The second-order valence-corrected chi connectivity index (χ2v) is 8.33. The molecule has 1 fully saturated rings. The summed E-state index contributed by atoms with van der Waals surface area (Å²) in [6.45, 7) is 8.48. The van der Waals surface area contributed by atoms with E-state index in [9.17, 15) is 9.59 Å². The number of unbranched alkanes of at least 4 members (excludes halogenated alkanes) is 7. The third-order valence-corrected chi connectivity index (χ3v) is 6.09. The summed E-state index contributed by atoms with van der Waals surface area (Å²) < 4.78 is 0. The normalized spacial score (nSPS) is 20.4. The fraction of sp³-hybridized carbons (Fsp3) is 0.909. The molecule has 1 saturated heterocycles. The number of carbonyl (C=O) groups is 2. The van der Waals surface area contributed by atoms with Gasteiger partial charge >= 0.3 is 6.03 Å². The smallest absolute Gasteiger partial charge is 0.323 e. The number of hydrogen-bond donors (Lipinski definition) is 2. The van der Waals surface area contributed by atoms with Crippen molar-refractivity contribution in [1.29, 1.82) is 0 Å². The number of urea groups is 1. The molecule has 0 radical (unpaired) electrons. The molecule has 1 atom stereocenters. The van der Waals surface area contributed by atoms with E-state index in [1.165, 1.54) is 11.3 Å². The Morgan fingerprint density at radius 3 is 1.85 bits per heavy atom. The zero-order valence-electron chi connectivity index (χ0n) is 18.2. The fourth-order valence-corrected chi connectivity index (χ4v) is 4.17. The summed E-state index contributed by atoms with van der Waals surface area (Å²) in [7, 11) is 0. The largest absolute Gasteiger partial charge is 0.326 e. The summed E-state index contributed by atoms with van der Waals surface area (Å²) >= 11 is 0. The van der Waals surface area contributed by atoms with Crippen LogP contribution in [-0.2, 0) is 4.79 Å². The molecular formula is C22H43N3O2. The zero-order chi connectivity index (χ0) is 20.3. The molecule has 1 aliphatic heterocycles. The minimum atomic E-state index is -0.855. The topological polar surface area (TPSA) is 75.4 Å². The minimum absolute atomic E-state index is 0.0954. The van der Waals surface area contributed by atoms with Crippen molar-refractivity contribution >= 4 is 11.9 Å². The number of rotatable bonds is 15. The van der Waals surface area contributed by atoms with Crippen molar-refractivity contribution in [2.24, 2.45) is 5.73 Å². The van der Waals surface area contributed by atoms with Crippen molar-refractivity contribution in [2.45, 2.75) is 129 Å². The number of nitrogens with one attached hydrogen (secondary N) is 1. The van der Waals surface area contributed by atoms with Gasteiger partial charge in [0.15, 0.2) is 0 Å². The molecule has 5 nitrogen and oxygen atoms in total. The second kappa shape index (κ2) is 11.7. The van der Waals surface area contributed by atoms with E-state index < -0.39 is 11.2 Å². The van der Waals surface area contributed by atoms with Crippen LogP contribution in [0.15, 0.2) is 0 Å². The monoisotopic (exact) mass is 381 g/mol. The van der Waals surface area contributed by atoms with E-state index in [1.54, 1.807) is 0 Å². The number of hydrogen-bond acceptors (Lipinski definition) is 3. The standard InChI is InChI=1S/C22H43N3O2/c1-5-9-12-15-16-21(8-4)19(26)25(20(27)24-21)22(23,17-13-10-6-2)18-14-11-7-3/h5-18,23H2,1-4H3,(H,24,27). The number of nitrogens with two attached hydrogens (primary N) is 1. The second-order valence-electron chi connectivity index (χ2n) is 8.33. The average Bonchev–Trinajstić information content (AvgIpc) is 2.90. The molecule has 5 heteroatoms. The van der Waals surface area contributed by atoms with Crippen LogP contribution in [-0.4, -0.2) is 28.0 Å². The Balaban J connectivity index is 2.96. The van der Waals surface area contributed by atoms with Crippen molar-refractivity contribution in [2.75, 3.05) is 0 Å². The van der Waals surface area contributed by atoms with Gasteiger partial charge in [0.1, 0.15) is 11.2 Å². The molecule has 3 N–H and O–H groups in total. The van der Waals surface area contributed by atoms with Gasteiger partial charge in [-0.15, -0.1) is 0 Å². The molecule has 1 rings (SSSR count). The van der Waals surface area contributed by atoms with Crippen LogP contribution in [0.3, 0.4) is 0 Å². The van der Waals surface area contributed by atoms with Gasteiger partial charge in [0.25, 0.3) is 5.91 Å². The SMILES string of the molecule is CCCCCCC1(CC)NC(=O)N(C(N)(CCCCC)CCCCC)C1=O. The van der Waals surface area contributed by atoms with Crippen LogP contribution in [0.2, 0.25) is 0 Å². The average molecular weight is 382 g/mol. The van der Waals surface area contributed by atoms with Gasteiger partial charge in [-0.3, -0.25) is 4.79 Å². The summed E-state index contributed by atoms with van der Waals surface area (Å²) in [5.74, 6) is -0.0954. The molecule has 3 amide bonds. The highest BCUT2D eigenvalue weighted by Crippen LogP contribution is 2.34. The van der Waals surface area contributed by atoms with E-state index in [2.05, 4.69) is 26.1 Å². The molecule has 0 saturated carbocycles. The molecule has 0 aliphatic carbocycles. The van der Waals surface area contributed by atoms with Crippen molar-refractivity contribution in [3.05, 3.63) is 0 Å². The van der Waals surface area contributed by atoms with E-state index in [-0.39, 0.29) is 11.9 Å². The van der Waals surface area contributed by atoms with Crippen molar-refractivity contribution in [3.8, 4) is 0 Å². The third kappa shape index (κ3) is 6.20. The first-order valence-electron chi connectivity index (χ1n) is 11.4. The maximum Gasteiger partial charge on any atom is 0.326 e. The number of imide groups is 1. The highest BCUT2D eigenvalue weighted by molar-refractivity contribution is 6.07. The lowest BCUT2D eigenvalue weighted by molar-refractivity contribution is -0.136. The lowest BCUT2D eigenvalue weighted by atomic mass is 9.87. The van der Waals surface area contributed by atoms with E-state index in [1.807, 2.05) is 6.92 Å². The number of carbonyl (C=O) groups excluding carboxylic acids is 2. The highest BCUT2D eigenvalue weighted by Gasteiger charge is 2.55. The predicted octanol–water partition coefficient (Wildman–Crippen LogP) is 5.47.